The fourth-order valence-electron chi connectivity index (χ4n) is 4.13. The number of nitrogens with zero attached hydrogens (tertiary/aromatic N) is 5. The Bertz CT molecular complexity index is 784. The van der Waals surface area contributed by atoms with Crippen molar-refractivity contribution in [3.05, 3.63) is 46.9 Å². The van der Waals surface area contributed by atoms with E-state index in [4.69, 9.17) is 0 Å². The Hall–Kier alpha value is -2.44. The Morgan fingerprint density at radius 1 is 1.25 bits per heavy atom. The van der Waals surface area contributed by atoms with Gasteiger partial charge >= 0.3 is 0 Å². The van der Waals surface area contributed by atoms with Crippen LogP contribution in [-0.2, 0) is 11.3 Å². The molecule has 2 aromatic rings. The maximum absolute atomic E-state index is 12.8. The van der Waals surface area contributed by atoms with Crippen LogP contribution in [0.1, 0.15) is 37.4 Å². The summed E-state index contributed by atoms with van der Waals surface area (Å²) in [6.07, 6.45) is 9.21. The van der Waals surface area contributed by atoms with E-state index in [0.717, 1.165) is 25.7 Å². The first-order valence-electron chi connectivity index (χ1n) is 8.45. The van der Waals surface area contributed by atoms with Crippen molar-refractivity contribution in [3.8, 4) is 0 Å². The third kappa shape index (κ3) is 2.64. The highest BCUT2D eigenvalue weighted by molar-refractivity contribution is 5.77. The van der Waals surface area contributed by atoms with E-state index in [1.54, 1.807) is 13.1 Å². The summed E-state index contributed by atoms with van der Waals surface area (Å²) in [7, 11) is 0. The Morgan fingerprint density at radius 3 is 2.62 bits per heavy atom. The largest absolute Gasteiger partial charge is 0.335 e. The highest BCUT2D eigenvalue weighted by atomic mass is 16.2. The summed E-state index contributed by atoms with van der Waals surface area (Å²) in [5.41, 5.74) is 0.499. The molecule has 0 saturated carbocycles. The van der Waals surface area contributed by atoms with Crippen molar-refractivity contribution in [2.24, 2.45) is 0 Å². The maximum Gasteiger partial charge on any atom is 0.253 e. The van der Waals surface area contributed by atoms with Crippen molar-refractivity contribution in [2.45, 2.75) is 57.3 Å². The zero-order valence-corrected chi connectivity index (χ0v) is 13.7. The lowest BCUT2D eigenvalue weighted by Crippen LogP contribution is -2.48. The zero-order valence-electron chi connectivity index (χ0n) is 13.7. The van der Waals surface area contributed by atoms with Gasteiger partial charge in [0.1, 0.15) is 6.54 Å². The molecule has 2 aromatic heterocycles. The van der Waals surface area contributed by atoms with Crippen LogP contribution < -0.4 is 5.56 Å². The van der Waals surface area contributed by atoms with Gasteiger partial charge in [-0.05, 0) is 38.7 Å². The summed E-state index contributed by atoms with van der Waals surface area (Å²) in [6, 6.07) is 4.27. The Labute approximate surface area is 139 Å². The van der Waals surface area contributed by atoms with Crippen LogP contribution in [0, 0.1) is 6.92 Å². The molecule has 7 nitrogen and oxygen atoms in total. The van der Waals surface area contributed by atoms with Crippen LogP contribution in [0.2, 0.25) is 0 Å². The molecule has 0 N–H and O–H groups in total. The molecule has 4 rings (SSSR count). The van der Waals surface area contributed by atoms with Crippen LogP contribution in [-0.4, -0.2) is 42.2 Å². The van der Waals surface area contributed by atoms with E-state index in [-0.39, 0.29) is 30.1 Å². The molecule has 2 aliphatic rings. The van der Waals surface area contributed by atoms with Crippen molar-refractivity contribution in [3.63, 3.8) is 0 Å². The smallest absolute Gasteiger partial charge is 0.253 e. The molecule has 2 aliphatic heterocycles. The SMILES string of the molecule is Cc1cc(=O)n(CC(=O)N2C3CCC2CC(n2cccn2)C3)cn1. The van der Waals surface area contributed by atoms with E-state index in [1.165, 1.54) is 17.0 Å². The van der Waals surface area contributed by atoms with Gasteiger partial charge in [-0.15, -0.1) is 0 Å². The first kappa shape index (κ1) is 15.1. The molecule has 0 aromatic carbocycles. The van der Waals surface area contributed by atoms with E-state index < -0.39 is 0 Å². The summed E-state index contributed by atoms with van der Waals surface area (Å²) < 4.78 is 3.41. The molecule has 2 fully saturated rings. The summed E-state index contributed by atoms with van der Waals surface area (Å²) in [5.74, 6) is 0.0224. The van der Waals surface area contributed by atoms with Gasteiger partial charge < -0.3 is 4.90 Å². The number of hydrogen-bond acceptors (Lipinski definition) is 4. The normalized spacial score (nSPS) is 25.9. The minimum atomic E-state index is -0.172. The van der Waals surface area contributed by atoms with E-state index in [1.807, 2.05) is 21.8 Å². The van der Waals surface area contributed by atoms with Crippen molar-refractivity contribution in [1.29, 1.82) is 0 Å². The Kier molecular flexibility index (Phi) is 3.70. The lowest BCUT2D eigenvalue weighted by Gasteiger charge is -2.39. The Balaban J connectivity index is 1.49. The second-order valence-corrected chi connectivity index (χ2v) is 6.79. The molecule has 2 saturated heterocycles. The molecular weight excluding hydrogens is 306 g/mol. The summed E-state index contributed by atoms with van der Waals surface area (Å²) in [4.78, 5) is 30.9. The molecular formula is C17H21N5O2. The molecule has 0 aliphatic carbocycles. The predicted molar refractivity (Wildman–Crippen MR) is 87.4 cm³/mol. The Morgan fingerprint density at radius 2 is 2.00 bits per heavy atom. The summed E-state index contributed by atoms with van der Waals surface area (Å²) >= 11 is 0. The average molecular weight is 327 g/mol. The van der Waals surface area contributed by atoms with Crippen molar-refractivity contribution < 1.29 is 4.79 Å². The van der Waals surface area contributed by atoms with Gasteiger partial charge in [0.25, 0.3) is 5.56 Å². The van der Waals surface area contributed by atoms with Crippen LogP contribution in [0.5, 0.6) is 0 Å². The van der Waals surface area contributed by atoms with Crippen LogP contribution in [0.4, 0.5) is 0 Å². The van der Waals surface area contributed by atoms with Gasteiger partial charge in [-0.2, -0.15) is 5.10 Å². The molecule has 126 valence electrons. The van der Waals surface area contributed by atoms with Gasteiger partial charge in [-0.3, -0.25) is 18.8 Å². The molecule has 2 unspecified atom stereocenters. The summed E-state index contributed by atoms with van der Waals surface area (Å²) in [6.45, 7) is 1.85. The number of rotatable bonds is 3. The number of carbonyl (C=O) groups excluding carboxylic acids is 1. The van der Waals surface area contributed by atoms with E-state index in [9.17, 15) is 9.59 Å². The van der Waals surface area contributed by atoms with Crippen LogP contribution >= 0.6 is 0 Å². The second kappa shape index (κ2) is 5.89. The quantitative estimate of drug-likeness (QED) is 0.847. The molecule has 24 heavy (non-hydrogen) atoms. The van der Waals surface area contributed by atoms with Crippen LogP contribution in [0.3, 0.4) is 0 Å². The topological polar surface area (TPSA) is 73.0 Å². The monoisotopic (exact) mass is 327 g/mol. The third-order valence-electron chi connectivity index (χ3n) is 5.22. The van der Waals surface area contributed by atoms with E-state index >= 15 is 0 Å². The highest BCUT2D eigenvalue weighted by Gasteiger charge is 2.43. The van der Waals surface area contributed by atoms with Crippen LogP contribution in [0.15, 0.2) is 35.6 Å². The third-order valence-corrected chi connectivity index (χ3v) is 5.22. The fraction of sp³-hybridized carbons (Fsp3) is 0.529. The molecule has 0 radical (unpaired) electrons. The van der Waals surface area contributed by atoms with Crippen LogP contribution in [0.25, 0.3) is 0 Å². The average Bonchev–Trinajstić information content (AvgIpc) is 3.17. The lowest BCUT2D eigenvalue weighted by molar-refractivity contribution is -0.137. The van der Waals surface area contributed by atoms with Gasteiger partial charge in [0, 0.05) is 36.2 Å². The van der Waals surface area contributed by atoms with Crippen molar-refractivity contribution >= 4 is 5.91 Å². The first-order chi connectivity index (χ1) is 11.6. The van der Waals surface area contributed by atoms with Crippen molar-refractivity contribution in [2.75, 3.05) is 0 Å². The van der Waals surface area contributed by atoms with Gasteiger partial charge in [0.2, 0.25) is 5.91 Å². The van der Waals surface area contributed by atoms with Gasteiger partial charge in [0.15, 0.2) is 0 Å². The molecule has 7 heteroatoms. The molecule has 2 atom stereocenters. The predicted octanol–water partition coefficient (Wildman–Crippen LogP) is 1.14. The standard InChI is InChI=1S/C17H21N5O2/c1-12-7-16(23)20(11-18-12)10-17(24)22-13-3-4-14(22)9-15(8-13)21-6-2-5-19-21/h2,5-7,11,13-15H,3-4,8-10H2,1H3. The number of hydrogen-bond donors (Lipinski definition) is 0. The zero-order chi connectivity index (χ0) is 16.7. The number of fused-ring (bicyclic) bond motifs is 2. The number of piperidine rings is 1. The van der Waals surface area contributed by atoms with Gasteiger partial charge in [-0.1, -0.05) is 0 Å². The first-order valence-corrected chi connectivity index (χ1v) is 8.45. The molecule has 1 amide bonds. The van der Waals surface area contributed by atoms with E-state index in [2.05, 4.69) is 10.1 Å². The van der Waals surface area contributed by atoms with Gasteiger partial charge in [0.05, 0.1) is 12.4 Å². The summed E-state index contributed by atoms with van der Waals surface area (Å²) in [5, 5.41) is 4.35. The van der Waals surface area contributed by atoms with Gasteiger partial charge in [-0.25, -0.2) is 4.98 Å². The maximum atomic E-state index is 12.8. The van der Waals surface area contributed by atoms with E-state index in [0.29, 0.717) is 11.7 Å². The number of amides is 1. The highest BCUT2D eigenvalue weighted by Crippen LogP contribution is 2.40. The molecule has 0 spiro atoms. The molecule has 2 bridgehead atoms. The number of carbonyl (C=O) groups is 1. The minimum absolute atomic E-state index is 0.0224. The second-order valence-electron chi connectivity index (χ2n) is 6.79. The minimum Gasteiger partial charge on any atom is -0.335 e. The number of aromatic nitrogens is 4. The molecule has 4 heterocycles. The number of aryl methyl sites for hydroxylation is 1. The van der Waals surface area contributed by atoms with Crippen molar-refractivity contribution in [1.82, 2.24) is 24.2 Å². The lowest BCUT2D eigenvalue weighted by atomic mass is 9.97. The fourth-order valence-corrected chi connectivity index (χ4v) is 4.13.